The van der Waals surface area contributed by atoms with Crippen molar-refractivity contribution in [3.63, 3.8) is 0 Å². The van der Waals surface area contributed by atoms with Gasteiger partial charge in [0.25, 0.3) is 0 Å². The summed E-state index contributed by atoms with van der Waals surface area (Å²) in [5, 5.41) is 15.1. The number of likely N-dealkylation sites (N-methyl/N-ethyl adjacent to an activating group) is 1. The average molecular weight is 392 g/mol. The summed E-state index contributed by atoms with van der Waals surface area (Å²) in [4.78, 5) is 21.4. The Balaban J connectivity index is 1.42. The molecule has 2 aromatic carbocycles. The fourth-order valence-electron chi connectivity index (χ4n) is 3.15. The normalized spacial score (nSPS) is 14.6. The Morgan fingerprint density at radius 2 is 1.96 bits per heavy atom. The van der Waals surface area contributed by atoms with E-state index < -0.39 is 0 Å². The zero-order valence-corrected chi connectivity index (χ0v) is 16.3. The molecule has 0 saturated carbocycles. The monoisotopic (exact) mass is 392 g/mol. The van der Waals surface area contributed by atoms with Crippen LogP contribution in [0.5, 0.6) is 0 Å². The minimum absolute atomic E-state index is 0.338. The van der Waals surface area contributed by atoms with Crippen LogP contribution >= 0.6 is 11.3 Å². The molecule has 2 heterocycles. The van der Waals surface area contributed by atoms with Crippen molar-refractivity contribution in [1.82, 2.24) is 9.88 Å². The maximum atomic E-state index is 12.4. The van der Waals surface area contributed by atoms with E-state index in [1.54, 1.807) is 18.2 Å². The number of piperazine rings is 1. The smallest absolute Gasteiger partial charge is 0.325 e. The predicted molar refractivity (Wildman–Crippen MR) is 113 cm³/mol. The molecule has 0 radical (unpaired) electrons. The Hall–Kier alpha value is -3.15. The largest absolute Gasteiger partial charge is 0.369 e. The van der Waals surface area contributed by atoms with Gasteiger partial charge in [0.1, 0.15) is 0 Å². The molecule has 142 valence electrons. The van der Waals surface area contributed by atoms with E-state index in [-0.39, 0.29) is 6.03 Å². The third kappa shape index (κ3) is 4.06. The average Bonchev–Trinajstić information content (AvgIpc) is 3.09. The van der Waals surface area contributed by atoms with Gasteiger partial charge >= 0.3 is 6.03 Å². The number of nitrogens with zero attached hydrogens (tertiary/aromatic N) is 4. The number of carbonyl (C=O) groups is 1. The number of thiazole rings is 1. The summed E-state index contributed by atoms with van der Waals surface area (Å²) in [5.41, 5.74) is 3.18. The van der Waals surface area contributed by atoms with Gasteiger partial charge in [-0.2, -0.15) is 5.26 Å². The number of aromatic nitrogens is 1. The Kier molecular flexibility index (Phi) is 5.10. The van der Waals surface area contributed by atoms with Crippen LogP contribution in [-0.4, -0.2) is 49.1 Å². The van der Waals surface area contributed by atoms with Crippen molar-refractivity contribution in [3.8, 4) is 6.07 Å². The fraction of sp³-hybridized carbons (Fsp3) is 0.250. The number of amides is 2. The number of nitriles is 1. The number of rotatable bonds is 3. The van der Waals surface area contributed by atoms with Gasteiger partial charge in [0, 0.05) is 37.6 Å². The first-order valence-electron chi connectivity index (χ1n) is 9.03. The molecule has 3 aromatic rings. The van der Waals surface area contributed by atoms with E-state index in [1.165, 1.54) is 11.3 Å². The molecule has 1 aliphatic heterocycles. The molecule has 4 rings (SSSR count). The molecule has 2 N–H and O–H groups in total. The lowest BCUT2D eigenvalue weighted by Crippen LogP contribution is -2.44. The van der Waals surface area contributed by atoms with Crippen molar-refractivity contribution < 1.29 is 4.79 Å². The van der Waals surface area contributed by atoms with Crippen molar-refractivity contribution in [2.75, 3.05) is 48.8 Å². The molecule has 1 saturated heterocycles. The molecular formula is C20H20N6OS. The van der Waals surface area contributed by atoms with Crippen LogP contribution in [0.3, 0.4) is 0 Å². The molecule has 28 heavy (non-hydrogen) atoms. The third-order valence-electron chi connectivity index (χ3n) is 4.71. The highest BCUT2D eigenvalue weighted by atomic mass is 32.1. The van der Waals surface area contributed by atoms with Crippen LogP contribution in [0.2, 0.25) is 0 Å². The van der Waals surface area contributed by atoms with Crippen molar-refractivity contribution >= 4 is 44.1 Å². The van der Waals surface area contributed by atoms with Gasteiger partial charge in [0.15, 0.2) is 5.13 Å². The Bertz CT molecular complexity index is 1050. The highest BCUT2D eigenvalue weighted by molar-refractivity contribution is 7.22. The van der Waals surface area contributed by atoms with Crippen LogP contribution in [0, 0.1) is 11.3 Å². The van der Waals surface area contributed by atoms with Gasteiger partial charge in [0.2, 0.25) is 0 Å². The first-order chi connectivity index (χ1) is 13.6. The number of hydrogen-bond acceptors (Lipinski definition) is 6. The van der Waals surface area contributed by atoms with Crippen LogP contribution in [0.1, 0.15) is 5.56 Å². The van der Waals surface area contributed by atoms with E-state index in [1.807, 2.05) is 18.2 Å². The molecule has 1 fully saturated rings. The van der Waals surface area contributed by atoms with Crippen LogP contribution in [0.15, 0.2) is 42.5 Å². The van der Waals surface area contributed by atoms with Gasteiger partial charge in [-0.25, -0.2) is 9.78 Å². The quantitative estimate of drug-likeness (QED) is 0.712. The predicted octanol–water partition coefficient (Wildman–Crippen LogP) is 3.56. The molecular weight excluding hydrogens is 372 g/mol. The highest BCUT2D eigenvalue weighted by Gasteiger charge is 2.15. The lowest BCUT2D eigenvalue weighted by Gasteiger charge is -2.34. The summed E-state index contributed by atoms with van der Waals surface area (Å²) >= 11 is 1.34. The van der Waals surface area contributed by atoms with E-state index >= 15 is 0 Å². The molecule has 0 spiro atoms. The van der Waals surface area contributed by atoms with E-state index in [9.17, 15) is 4.79 Å². The molecule has 2 amide bonds. The second-order valence-corrected chi connectivity index (χ2v) is 7.76. The van der Waals surface area contributed by atoms with E-state index in [0.717, 1.165) is 47.8 Å². The number of carbonyl (C=O) groups excluding carboxylic acids is 1. The lowest BCUT2D eigenvalue weighted by atomic mass is 10.2. The molecule has 8 heteroatoms. The topological polar surface area (TPSA) is 84.3 Å². The Morgan fingerprint density at radius 1 is 1.14 bits per heavy atom. The van der Waals surface area contributed by atoms with Gasteiger partial charge in [-0.15, -0.1) is 0 Å². The molecule has 0 atom stereocenters. The van der Waals surface area contributed by atoms with Gasteiger partial charge in [-0.3, -0.25) is 5.32 Å². The fourth-order valence-corrected chi connectivity index (χ4v) is 4.05. The zero-order chi connectivity index (χ0) is 19.5. The minimum Gasteiger partial charge on any atom is -0.369 e. The molecule has 1 aliphatic rings. The van der Waals surface area contributed by atoms with Crippen molar-refractivity contribution in [1.29, 1.82) is 5.26 Å². The Labute approximate surface area is 167 Å². The standard InChI is InChI=1S/C20H20N6OS/c1-25-7-9-26(10-8-25)16-4-2-3-15(12-16)22-19(27)24-20-23-17-6-5-14(13-21)11-18(17)28-20/h2-6,11-12H,7-10H2,1H3,(H2,22,23,24,27). The number of benzene rings is 2. The summed E-state index contributed by atoms with van der Waals surface area (Å²) in [6, 6.07) is 14.9. The first-order valence-corrected chi connectivity index (χ1v) is 9.84. The third-order valence-corrected chi connectivity index (χ3v) is 5.64. The summed E-state index contributed by atoms with van der Waals surface area (Å²) in [7, 11) is 2.13. The number of nitrogens with one attached hydrogen (secondary N) is 2. The molecule has 0 aliphatic carbocycles. The SMILES string of the molecule is CN1CCN(c2cccc(NC(=O)Nc3nc4ccc(C#N)cc4s3)c2)CC1. The lowest BCUT2D eigenvalue weighted by molar-refractivity contribution is 0.262. The number of urea groups is 1. The van der Waals surface area contributed by atoms with E-state index in [4.69, 9.17) is 5.26 Å². The molecule has 0 unspecified atom stereocenters. The Morgan fingerprint density at radius 3 is 2.75 bits per heavy atom. The van der Waals surface area contributed by atoms with Crippen molar-refractivity contribution in [3.05, 3.63) is 48.0 Å². The second-order valence-electron chi connectivity index (χ2n) is 6.73. The summed E-state index contributed by atoms with van der Waals surface area (Å²) in [6.45, 7) is 4.01. The van der Waals surface area contributed by atoms with Crippen molar-refractivity contribution in [2.45, 2.75) is 0 Å². The summed E-state index contributed by atoms with van der Waals surface area (Å²) in [5.74, 6) is 0. The van der Waals surface area contributed by atoms with Gasteiger partial charge < -0.3 is 15.1 Å². The zero-order valence-electron chi connectivity index (χ0n) is 15.5. The van der Waals surface area contributed by atoms with Crippen LogP contribution in [0.4, 0.5) is 21.3 Å². The van der Waals surface area contributed by atoms with Crippen LogP contribution < -0.4 is 15.5 Å². The maximum absolute atomic E-state index is 12.4. The molecule has 1 aromatic heterocycles. The number of hydrogen-bond donors (Lipinski definition) is 2. The highest BCUT2D eigenvalue weighted by Crippen LogP contribution is 2.27. The van der Waals surface area contributed by atoms with Crippen LogP contribution in [-0.2, 0) is 0 Å². The van der Waals surface area contributed by atoms with Gasteiger partial charge in [-0.05, 0) is 43.4 Å². The maximum Gasteiger partial charge on any atom is 0.325 e. The first kappa shape index (κ1) is 18.2. The molecule has 0 bridgehead atoms. The van der Waals surface area contributed by atoms with Gasteiger partial charge in [0.05, 0.1) is 21.8 Å². The van der Waals surface area contributed by atoms with Crippen LogP contribution in [0.25, 0.3) is 10.2 Å². The minimum atomic E-state index is -0.338. The number of anilines is 3. The number of fused-ring (bicyclic) bond motifs is 1. The van der Waals surface area contributed by atoms with Gasteiger partial charge in [-0.1, -0.05) is 17.4 Å². The summed E-state index contributed by atoms with van der Waals surface area (Å²) < 4.78 is 0.867. The second kappa shape index (κ2) is 7.84. The van der Waals surface area contributed by atoms with E-state index in [0.29, 0.717) is 10.7 Å². The van der Waals surface area contributed by atoms with Crippen molar-refractivity contribution in [2.24, 2.45) is 0 Å². The summed E-state index contributed by atoms with van der Waals surface area (Å²) in [6.07, 6.45) is 0. The van der Waals surface area contributed by atoms with E-state index in [2.05, 4.69) is 44.6 Å². The molecule has 7 nitrogen and oxygen atoms in total.